The number of ether oxygens (including phenoxy) is 1. The predicted octanol–water partition coefficient (Wildman–Crippen LogP) is 0.482. The van der Waals surface area contributed by atoms with E-state index in [2.05, 4.69) is 36.1 Å². The molecule has 2 rings (SSSR count). The van der Waals surface area contributed by atoms with Crippen LogP contribution in [0.4, 0.5) is 5.95 Å². The normalized spacial score (nSPS) is 17.2. The maximum absolute atomic E-state index is 5.50. The molecule has 1 atom stereocenters. The Bertz CT molecular complexity index is 355. The summed E-state index contributed by atoms with van der Waals surface area (Å²) in [5.74, 6) is 1.44. The van der Waals surface area contributed by atoms with E-state index in [9.17, 15) is 0 Å². The molecule has 1 unspecified atom stereocenters. The van der Waals surface area contributed by atoms with E-state index in [0.717, 1.165) is 38.3 Å². The van der Waals surface area contributed by atoms with Gasteiger partial charge in [-0.25, -0.2) is 4.98 Å². The van der Waals surface area contributed by atoms with Crippen LogP contribution < -0.4 is 9.64 Å². The molecule has 1 saturated heterocycles. The molecule has 0 aromatic carbocycles. The fraction of sp³-hybridized carbons (Fsp3) is 0.636. The molecule has 0 saturated carbocycles. The summed E-state index contributed by atoms with van der Waals surface area (Å²) in [7, 11) is 4.77. The Kier molecular flexibility index (Phi) is 4.51. The summed E-state index contributed by atoms with van der Waals surface area (Å²) in [5.41, 5.74) is 0. The van der Waals surface area contributed by atoms with Gasteiger partial charge in [0.15, 0.2) is 0 Å². The van der Waals surface area contributed by atoms with Gasteiger partial charge in [-0.2, -0.15) is 4.98 Å². The molecule has 6 heteroatoms. The monoisotopic (exact) mass is 254 g/mol. The molecule has 1 aliphatic heterocycles. The Morgan fingerprint density at radius 3 is 2.82 bits per heavy atom. The summed E-state index contributed by atoms with van der Waals surface area (Å²) in [5, 5.41) is 0. The van der Waals surface area contributed by atoms with Crippen LogP contribution in [-0.2, 0) is 0 Å². The van der Waals surface area contributed by atoms with Gasteiger partial charge in [0, 0.05) is 38.4 Å². The lowest BCUT2D eigenvalue weighted by molar-refractivity contribution is 0.308. The van der Waals surface area contributed by atoms with Gasteiger partial charge in [-0.05, 0) is 13.2 Å². The Hall–Kier alpha value is -0.930. The van der Waals surface area contributed by atoms with Gasteiger partial charge >= 0.3 is 0 Å². The molecule has 1 aliphatic rings. The average Bonchev–Trinajstić information content (AvgIpc) is 2.37. The number of hydrogen-bond donors (Lipinski definition) is 0. The van der Waals surface area contributed by atoms with Crippen molar-refractivity contribution >= 4 is 15.2 Å². The topological polar surface area (TPSA) is 41.5 Å². The maximum atomic E-state index is 5.50. The van der Waals surface area contributed by atoms with Crippen molar-refractivity contribution in [2.75, 3.05) is 50.9 Å². The van der Waals surface area contributed by atoms with Crippen LogP contribution in [0.3, 0.4) is 0 Å². The Balaban J connectivity index is 2.00. The highest BCUT2D eigenvalue weighted by Gasteiger charge is 2.16. The van der Waals surface area contributed by atoms with Crippen LogP contribution in [0, 0.1) is 0 Å². The fourth-order valence-electron chi connectivity index (χ4n) is 1.74. The quantitative estimate of drug-likeness (QED) is 0.731. The van der Waals surface area contributed by atoms with Crippen LogP contribution in [0.2, 0.25) is 0 Å². The molecular formula is C11H19N4OP. The van der Waals surface area contributed by atoms with E-state index < -0.39 is 0 Å². The Labute approximate surface area is 104 Å². The van der Waals surface area contributed by atoms with Crippen molar-refractivity contribution in [3.8, 4) is 5.88 Å². The van der Waals surface area contributed by atoms with Crippen molar-refractivity contribution in [1.82, 2.24) is 14.9 Å². The van der Waals surface area contributed by atoms with Crippen LogP contribution in [0.5, 0.6) is 5.88 Å². The molecule has 0 bridgehead atoms. The minimum Gasteiger partial charge on any atom is -0.477 e. The largest absolute Gasteiger partial charge is 0.477 e. The van der Waals surface area contributed by atoms with E-state index in [-0.39, 0.29) is 0 Å². The second kappa shape index (κ2) is 6.12. The third-order valence-electron chi connectivity index (χ3n) is 2.77. The number of hydrogen-bond acceptors (Lipinski definition) is 5. The van der Waals surface area contributed by atoms with Gasteiger partial charge < -0.3 is 14.5 Å². The van der Waals surface area contributed by atoms with Gasteiger partial charge in [-0.3, -0.25) is 0 Å². The first kappa shape index (κ1) is 12.5. The van der Waals surface area contributed by atoms with Gasteiger partial charge in [0.25, 0.3) is 0 Å². The molecule has 1 fully saturated rings. The van der Waals surface area contributed by atoms with Crippen LogP contribution in [0.25, 0.3) is 0 Å². The number of rotatable bonds is 4. The van der Waals surface area contributed by atoms with E-state index in [4.69, 9.17) is 4.74 Å². The van der Waals surface area contributed by atoms with Gasteiger partial charge in [0.1, 0.15) is 0 Å². The fourth-order valence-corrected chi connectivity index (χ4v) is 1.85. The number of nitrogens with zero attached hydrogens (tertiary/aromatic N) is 4. The molecule has 94 valence electrons. The zero-order valence-corrected chi connectivity index (χ0v) is 11.3. The Morgan fingerprint density at radius 1 is 1.35 bits per heavy atom. The van der Waals surface area contributed by atoms with Crippen LogP contribution >= 0.6 is 9.24 Å². The zero-order valence-electron chi connectivity index (χ0n) is 10.2. The summed E-state index contributed by atoms with van der Waals surface area (Å²) in [4.78, 5) is 13.2. The van der Waals surface area contributed by atoms with Gasteiger partial charge in [-0.15, -0.1) is 9.24 Å². The molecule has 1 aromatic heterocycles. The van der Waals surface area contributed by atoms with Crippen molar-refractivity contribution in [3.63, 3.8) is 0 Å². The highest BCUT2D eigenvalue weighted by molar-refractivity contribution is 7.16. The highest BCUT2D eigenvalue weighted by Crippen LogP contribution is 2.14. The van der Waals surface area contributed by atoms with E-state index in [1.165, 1.54) is 0 Å². The Morgan fingerprint density at radius 2 is 2.12 bits per heavy atom. The molecule has 1 aromatic rings. The standard InChI is InChI=1S/C11H19N4OP/c1-14-4-6-15(7-5-14)11-12-3-2-10(13-11)16-8-9-17/h2-3H,4-9,17H2,1H3. The smallest absolute Gasteiger partial charge is 0.228 e. The summed E-state index contributed by atoms with van der Waals surface area (Å²) in [6.07, 6.45) is 2.67. The third-order valence-corrected chi connectivity index (χ3v) is 3.01. The van der Waals surface area contributed by atoms with Gasteiger partial charge in [0.05, 0.1) is 6.61 Å². The molecule has 2 heterocycles. The molecule has 0 aliphatic carbocycles. The van der Waals surface area contributed by atoms with E-state index >= 15 is 0 Å². The summed E-state index contributed by atoms with van der Waals surface area (Å²) < 4.78 is 5.50. The van der Waals surface area contributed by atoms with Crippen molar-refractivity contribution in [1.29, 1.82) is 0 Å². The van der Waals surface area contributed by atoms with Crippen molar-refractivity contribution in [3.05, 3.63) is 12.3 Å². The van der Waals surface area contributed by atoms with Crippen molar-refractivity contribution < 1.29 is 4.74 Å². The van der Waals surface area contributed by atoms with Crippen LogP contribution in [0.1, 0.15) is 0 Å². The molecular weight excluding hydrogens is 235 g/mol. The minimum absolute atomic E-state index is 0.663. The first-order valence-corrected chi connectivity index (χ1v) is 6.70. The third kappa shape index (κ3) is 3.51. The lowest BCUT2D eigenvalue weighted by Gasteiger charge is -2.32. The lowest BCUT2D eigenvalue weighted by atomic mass is 10.3. The second-order valence-electron chi connectivity index (χ2n) is 4.12. The number of likely N-dealkylation sites (N-methyl/N-ethyl adjacent to an activating group) is 1. The van der Waals surface area contributed by atoms with Gasteiger partial charge in [0.2, 0.25) is 11.8 Å². The number of piperazine rings is 1. The lowest BCUT2D eigenvalue weighted by Crippen LogP contribution is -2.45. The van der Waals surface area contributed by atoms with Crippen molar-refractivity contribution in [2.45, 2.75) is 0 Å². The highest BCUT2D eigenvalue weighted by atomic mass is 31.0. The summed E-state index contributed by atoms with van der Waals surface area (Å²) in [6, 6.07) is 1.81. The first-order chi connectivity index (χ1) is 8.29. The summed E-state index contributed by atoms with van der Waals surface area (Å²) >= 11 is 0. The molecule has 0 spiro atoms. The first-order valence-electron chi connectivity index (χ1n) is 5.89. The van der Waals surface area contributed by atoms with Gasteiger partial charge in [-0.1, -0.05) is 0 Å². The molecule has 0 radical (unpaired) electrons. The molecule has 0 amide bonds. The van der Waals surface area contributed by atoms with E-state index in [1.807, 2.05) is 0 Å². The maximum Gasteiger partial charge on any atom is 0.228 e. The molecule has 5 nitrogen and oxygen atoms in total. The average molecular weight is 254 g/mol. The molecule has 17 heavy (non-hydrogen) atoms. The van der Waals surface area contributed by atoms with Crippen LogP contribution in [0.15, 0.2) is 12.3 Å². The van der Waals surface area contributed by atoms with Crippen LogP contribution in [-0.4, -0.2) is 60.9 Å². The second-order valence-corrected chi connectivity index (χ2v) is 4.70. The minimum atomic E-state index is 0.663. The SMILES string of the molecule is CN1CCN(c2nccc(OCCP)n2)CC1. The number of aromatic nitrogens is 2. The van der Waals surface area contributed by atoms with E-state index in [0.29, 0.717) is 12.5 Å². The summed E-state index contributed by atoms with van der Waals surface area (Å²) in [6.45, 7) is 4.73. The molecule has 0 N–H and O–H groups in total. The van der Waals surface area contributed by atoms with Crippen molar-refractivity contribution in [2.24, 2.45) is 0 Å². The van der Waals surface area contributed by atoms with E-state index in [1.54, 1.807) is 12.3 Å². The predicted molar refractivity (Wildman–Crippen MR) is 71.8 cm³/mol. The zero-order chi connectivity index (χ0) is 12.1. The number of anilines is 1.